The van der Waals surface area contributed by atoms with Crippen molar-refractivity contribution in [1.82, 2.24) is 58.1 Å². The fourth-order valence-corrected chi connectivity index (χ4v) is 6.33. The molecule has 4 aromatic rings. The third-order valence-corrected chi connectivity index (χ3v) is 8.97. The van der Waals surface area contributed by atoms with Crippen LogP contribution in [0.25, 0.3) is 0 Å². The van der Waals surface area contributed by atoms with Gasteiger partial charge in [-0.15, -0.1) is 10.2 Å². The highest BCUT2D eigenvalue weighted by Crippen LogP contribution is 2.25. The van der Waals surface area contributed by atoms with E-state index in [1.807, 2.05) is 0 Å². The van der Waals surface area contributed by atoms with E-state index in [0.29, 0.717) is 34.1 Å². The van der Waals surface area contributed by atoms with Gasteiger partial charge in [-0.2, -0.15) is 35.2 Å². The lowest BCUT2D eigenvalue weighted by Gasteiger charge is -2.24. The average molecular weight is 709 g/mol. The van der Waals surface area contributed by atoms with Crippen LogP contribution in [0, 0.1) is 0 Å². The van der Waals surface area contributed by atoms with Crippen LogP contribution in [-0.4, -0.2) is 94.2 Å². The fourth-order valence-electron chi connectivity index (χ4n) is 4.28. The summed E-state index contributed by atoms with van der Waals surface area (Å²) in [5.74, 6) is 0. The van der Waals surface area contributed by atoms with E-state index in [1.165, 1.54) is 17.3 Å². The van der Waals surface area contributed by atoms with E-state index in [-0.39, 0.29) is 13.1 Å². The number of amides is 1. The number of aromatic nitrogens is 10. The number of fused-ring (bicyclic) bond motifs is 2. The van der Waals surface area contributed by atoms with E-state index in [4.69, 9.17) is 4.74 Å². The van der Waals surface area contributed by atoms with Gasteiger partial charge in [0.25, 0.3) is 23.2 Å². The Morgan fingerprint density at radius 2 is 1.32 bits per heavy atom. The van der Waals surface area contributed by atoms with Crippen LogP contribution >= 0.6 is 0 Å². The molecule has 0 aromatic carbocycles. The molecule has 1 amide bonds. The second-order valence-corrected chi connectivity index (χ2v) is 14.6. The van der Waals surface area contributed by atoms with E-state index in [0.717, 1.165) is 31.7 Å². The van der Waals surface area contributed by atoms with Gasteiger partial charge in [0.15, 0.2) is 0 Å². The van der Waals surface area contributed by atoms with E-state index in [1.54, 1.807) is 20.8 Å². The summed E-state index contributed by atoms with van der Waals surface area (Å²) in [7, 11) is -8.26. The number of carbonyl (C=O) groups is 1. The highest BCUT2D eigenvalue weighted by Gasteiger charge is 2.33. The molecule has 6 rings (SSSR count). The van der Waals surface area contributed by atoms with Crippen LogP contribution in [-0.2, 0) is 64.1 Å². The molecule has 0 saturated heterocycles. The molecule has 4 aromatic heterocycles. The minimum Gasteiger partial charge on any atom is -0.444 e. The van der Waals surface area contributed by atoms with Crippen molar-refractivity contribution in [3.8, 4) is 0 Å². The van der Waals surface area contributed by atoms with Crippen molar-refractivity contribution in [2.24, 2.45) is 0 Å². The molecule has 0 radical (unpaired) electrons. The van der Waals surface area contributed by atoms with Crippen LogP contribution in [0.3, 0.4) is 0 Å². The minimum atomic E-state index is -4.22. The number of carbonyl (C=O) groups excluding carboxylic acids is 1. The molecule has 0 aliphatic carbocycles. The van der Waals surface area contributed by atoms with Crippen molar-refractivity contribution < 1.29 is 43.9 Å². The first-order chi connectivity index (χ1) is 21.9. The largest absolute Gasteiger partial charge is 0.444 e. The molecule has 0 spiro atoms. The Kier molecular flexibility index (Phi) is 9.11. The van der Waals surface area contributed by atoms with Gasteiger partial charge >= 0.3 is 26.1 Å². The molecule has 2 aliphatic rings. The van der Waals surface area contributed by atoms with E-state index >= 15 is 0 Å². The monoisotopic (exact) mass is 708 g/mol. The average Bonchev–Trinajstić information content (AvgIpc) is 3.76. The molecular formula is C23H28F4N12O6S2. The van der Waals surface area contributed by atoms with Gasteiger partial charge in [-0.05, 0) is 20.8 Å². The van der Waals surface area contributed by atoms with Crippen molar-refractivity contribution in [1.29, 1.82) is 0 Å². The Balaban J connectivity index is 0.000000193. The number of ether oxygens (including phenoxy) is 1. The normalized spacial score (nSPS) is 14.8. The lowest BCUT2D eigenvalue weighted by molar-refractivity contribution is 0.0239. The van der Waals surface area contributed by atoms with Gasteiger partial charge in [-0.1, -0.05) is 0 Å². The summed E-state index contributed by atoms with van der Waals surface area (Å²) in [5, 5.41) is 16.9. The smallest absolute Gasteiger partial charge is 0.410 e. The molecule has 0 unspecified atom stereocenters. The summed E-state index contributed by atoms with van der Waals surface area (Å²) in [6, 6.07) is 0. The summed E-state index contributed by atoms with van der Waals surface area (Å²) in [6.45, 7) is 5.04. The lowest BCUT2D eigenvalue weighted by atomic mass is 10.2. The quantitative estimate of drug-likeness (QED) is 0.252. The standard InChI is InChI=1S/C14H18F2N6O4S.C9H10F2N6O2S/c1-14(2,3)26-13(23)20-4-9-5-22(18-10(9)6-20)27(24,25)12-17-8-21(19-12)7-11(15)16;10-8(11)4-16-5-13-9(15-16)20(18,19)17-3-6-1-12-2-7(6)14-17/h5,8,11H,4,6-7H2,1-3H3;3,5,8,12H,1-2,4H2. The van der Waals surface area contributed by atoms with E-state index in [9.17, 15) is 39.2 Å². The third kappa shape index (κ3) is 7.59. The Hall–Kier alpha value is -4.45. The number of alkyl halides is 4. The van der Waals surface area contributed by atoms with Gasteiger partial charge in [-0.25, -0.2) is 41.7 Å². The number of rotatable bonds is 8. The molecule has 0 fully saturated rings. The Labute approximate surface area is 264 Å². The molecule has 0 saturated carbocycles. The van der Waals surface area contributed by atoms with Crippen molar-refractivity contribution in [2.45, 2.75) is 88.8 Å². The molecule has 1 N–H and O–H groups in total. The Morgan fingerprint density at radius 1 is 0.809 bits per heavy atom. The number of nitrogens with zero attached hydrogens (tertiary/aromatic N) is 11. The topological polar surface area (TPSA) is 207 Å². The maximum Gasteiger partial charge on any atom is 0.410 e. The van der Waals surface area contributed by atoms with Crippen LogP contribution in [0.15, 0.2) is 35.4 Å². The molecular weight excluding hydrogens is 680 g/mol. The molecule has 18 nitrogen and oxygen atoms in total. The van der Waals surface area contributed by atoms with Crippen molar-refractivity contribution in [3.05, 3.63) is 47.6 Å². The molecule has 256 valence electrons. The zero-order chi connectivity index (χ0) is 34.3. The summed E-state index contributed by atoms with van der Waals surface area (Å²) < 4.78 is 107. The molecule has 6 heterocycles. The van der Waals surface area contributed by atoms with E-state index < -0.39 is 68.0 Å². The van der Waals surface area contributed by atoms with Crippen molar-refractivity contribution in [3.63, 3.8) is 0 Å². The second-order valence-electron chi connectivity index (χ2n) is 11.2. The summed E-state index contributed by atoms with van der Waals surface area (Å²) >= 11 is 0. The third-order valence-electron chi connectivity index (χ3n) is 6.31. The summed E-state index contributed by atoms with van der Waals surface area (Å²) in [5.41, 5.74) is 1.71. The minimum absolute atomic E-state index is 0.0972. The predicted molar refractivity (Wildman–Crippen MR) is 148 cm³/mol. The van der Waals surface area contributed by atoms with Crippen LogP contribution in [0.2, 0.25) is 0 Å². The molecule has 0 bridgehead atoms. The van der Waals surface area contributed by atoms with E-state index in [2.05, 4.69) is 35.7 Å². The highest BCUT2D eigenvalue weighted by molar-refractivity contribution is 7.89. The predicted octanol–water partition coefficient (Wildman–Crippen LogP) is 0.807. The first-order valence-electron chi connectivity index (χ1n) is 13.6. The van der Waals surface area contributed by atoms with Crippen LogP contribution in [0.1, 0.15) is 43.3 Å². The van der Waals surface area contributed by atoms with Crippen molar-refractivity contribution >= 4 is 26.1 Å². The molecule has 47 heavy (non-hydrogen) atoms. The molecule has 24 heteroatoms. The number of hydrogen-bond acceptors (Lipinski definition) is 13. The van der Waals surface area contributed by atoms with Gasteiger partial charge in [0.2, 0.25) is 0 Å². The second kappa shape index (κ2) is 12.6. The van der Waals surface area contributed by atoms with Gasteiger partial charge in [0.1, 0.15) is 31.3 Å². The lowest BCUT2D eigenvalue weighted by Crippen LogP contribution is -2.33. The van der Waals surface area contributed by atoms with Gasteiger partial charge in [0, 0.05) is 36.6 Å². The van der Waals surface area contributed by atoms with Gasteiger partial charge < -0.3 is 10.1 Å². The SMILES string of the molecule is CC(C)(C)OC(=O)N1Cc2cn(S(=O)(=O)c3ncn(CC(F)F)n3)nc2C1.O=S(=O)(c1ncn(CC(F)F)n1)n1cc2c(n1)CNC2. The van der Waals surface area contributed by atoms with Gasteiger partial charge in [0.05, 0.1) is 24.5 Å². The Bertz CT molecular complexity index is 1940. The summed E-state index contributed by atoms with van der Waals surface area (Å²) in [4.78, 5) is 20.6. The van der Waals surface area contributed by atoms with Crippen LogP contribution < -0.4 is 5.32 Å². The Morgan fingerprint density at radius 3 is 1.79 bits per heavy atom. The van der Waals surface area contributed by atoms with Crippen LogP contribution in [0.4, 0.5) is 22.4 Å². The van der Waals surface area contributed by atoms with Crippen LogP contribution in [0.5, 0.6) is 0 Å². The highest BCUT2D eigenvalue weighted by atomic mass is 32.2. The maximum absolute atomic E-state index is 12.5. The zero-order valence-corrected chi connectivity index (χ0v) is 26.5. The summed E-state index contributed by atoms with van der Waals surface area (Å²) in [6.07, 6.45) is -1.34. The number of nitrogens with one attached hydrogen (secondary N) is 1. The number of halogens is 4. The number of hydrogen-bond donors (Lipinski definition) is 1. The zero-order valence-electron chi connectivity index (χ0n) is 24.9. The maximum atomic E-state index is 12.5. The molecule has 2 aliphatic heterocycles. The fraction of sp³-hybridized carbons (Fsp3) is 0.522. The molecule has 0 atom stereocenters. The van der Waals surface area contributed by atoms with Gasteiger partial charge in [-0.3, -0.25) is 4.90 Å². The first-order valence-corrected chi connectivity index (χ1v) is 16.5. The first kappa shape index (κ1) is 33.9. The van der Waals surface area contributed by atoms with Crippen molar-refractivity contribution in [2.75, 3.05) is 0 Å².